The van der Waals surface area contributed by atoms with Crippen LogP contribution in [0, 0.1) is 3.57 Å². The average Bonchev–Trinajstić information content (AvgIpc) is 3.02. The van der Waals surface area contributed by atoms with E-state index in [1.165, 1.54) is 0 Å². The van der Waals surface area contributed by atoms with Crippen LogP contribution < -0.4 is 5.32 Å². The molecule has 0 unspecified atom stereocenters. The molecular formula is C15H11ClIN5O. The first-order valence-corrected chi connectivity index (χ1v) is 8.17. The Morgan fingerprint density at radius 1 is 1.17 bits per heavy atom. The van der Waals surface area contributed by atoms with Gasteiger partial charge in [-0.05, 0) is 69.4 Å². The first kappa shape index (κ1) is 15.9. The number of hydrogen-bond acceptors (Lipinski definition) is 4. The summed E-state index contributed by atoms with van der Waals surface area (Å²) in [4.78, 5) is 12.2. The molecule has 0 spiro atoms. The first-order chi connectivity index (χ1) is 11.1. The maximum absolute atomic E-state index is 12.2. The quantitative estimate of drug-likeness (QED) is 0.635. The van der Waals surface area contributed by atoms with Crippen LogP contribution in [0.25, 0.3) is 5.69 Å². The van der Waals surface area contributed by atoms with Gasteiger partial charge in [-0.25, -0.2) is 0 Å². The smallest absolute Gasteiger partial charge is 0.252 e. The molecule has 116 valence electrons. The maximum Gasteiger partial charge on any atom is 0.252 e. The topological polar surface area (TPSA) is 72.7 Å². The molecule has 3 aromatic rings. The lowest BCUT2D eigenvalue weighted by molar-refractivity contribution is 0.0948. The molecule has 1 aromatic heterocycles. The molecule has 1 heterocycles. The summed E-state index contributed by atoms with van der Waals surface area (Å²) in [6, 6.07) is 14.5. The number of carbonyl (C=O) groups excluding carboxylic acids is 1. The molecule has 8 heteroatoms. The zero-order valence-electron chi connectivity index (χ0n) is 11.8. The van der Waals surface area contributed by atoms with E-state index in [9.17, 15) is 4.79 Å². The van der Waals surface area contributed by atoms with Gasteiger partial charge in [0.15, 0.2) is 5.82 Å². The Kier molecular flexibility index (Phi) is 4.87. The Bertz CT molecular complexity index is 834. The molecule has 6 nitrogen and oxygen atoms in total. The summed E-state index contributed by atoms with van der Waals surface area (Å²) in [6.07, 6.45) is 0. The zero-order chi connectivity index (χ0) is 16.2. The van der Waals surface area contributed by atoms with Crippen molar-refractivity contribution in [1.82, 2.24) is 25.5 Å². The summed E-state index contributed by atoms with van der Waals surface area (Å²) in [5.41, 5.74) is 1.40. The van der Waals surface area contributed by atoms with Crippen LogP contribution in [0.5, 0.6) is 0 Å². The molecular weight excluding hydrogens is 429 g/mol. The van der Waals surface area contributed by atoms with Crippen molar-refractivity contribution in [3.8, 4) is 5.69 Å². The van der Waals surface area contributed by atoms with E-state index in [2.05, 4.69) is 43.4 Å². The molecule has 0 aliphatic heterocycles. The maximum atomic E-state index is 12.2. The molecule has 1 N–H and O–H groups in total. The highest BCUT2D eigenvalue weighted by Crippen LogP contribution is 2.14. The number of tetrazole rings is 1. The summed E-state index contributed by atoms with van der Waals surface area (Å²) in [5, 5.41) is 15.0. The van der Waals surface area contributed by atoms with Crippen molar-refractivity contribution in [2.45, 2.75) is 6.54 Å². The molecule has 0 saturated carbocycles. The van der Waals surface area contributed by atoms with Gasteiger partial charge >= 0.3 is 0 Å². The minimum Gasteiger partial charge on any atom is -0.345 e. The van der Waals surface area contributed by atoms with Gasteiger partial charge in [-0.1, -0.05) is 23.7 Å². The van der Waals surface area contributed by atoms with Crippen LogP contribution in [0.15, 0.2) is 48.5 Å². The SMILES string of the molecule is O=C(NCc1nnnn1-c1ccc(Cl)cc1)c1ccccc1I. The number of halogens is 2. The molecule has 0 radical (unpaired) electrons. The normalized spacial score (nSPS) is 10.5. The van der Waals surface area contributed by atoms with Crippen LogP contribution in [0.2, 0.25) is 5.02 Å². The van der Waals surface area contributed by atoms with E-state index in [4.69, 9.17) is 11.6 Å². The highest BCUT2D eigenvalue weighted by atomic mass is 127. The van der Waals surface area contributed by atoms with Crippen molar-refractivity contribution < 1.29 is 4.79 Å². The highest BCUT2D eigenvalue weighted by molar-refractivity contribution is 14.1. The minimum atomic E-state index is -0.166. The van der Waals surface area contributed by atoms with Crippen molar-refractivity contribution in [1.29, 1.82) is 0 Å². The molecule has 0 aliphatic rings. The van der Waals surface area contributed by atoms with Crippen molar-refractivity contribution in [2.75, 3.05) is 0 Å². The first-order valence-electron chi connectivity index (χ1n) is 6.71. The number of nitrogens with zero attached hydrogens (tertiary/aromatic N) is 4. The molecule has 1 amide bonds. The Labute approximate surface area is 151 Å². The van der Waals surface area contributed by atoms with Gasteiger partial charge in [-0.15, -0.1) is 5.10 Å². The lowest BCUT2D eigenvalue weighted by atomic mass is 10.2. The lowest BCUT2D eigenvalue weighted by Crippen LogP contribution is -2.25. The third-order valence-corrected chi connectivity index (χ3v) is 4.32. The summed E-state index contributed by atoms with van der Waals surface area (Å²) >= 11 is 8.01. The van der Waals surface area contributed by atoms with Gasteiger partial charge in [0, 0.05) is 8.59 Å². The minimum absolute atomic E-state index is 0.166. The number of hydrogen-bond donors (Lipinski definition) is 1. The molecule has 0 saturated heterocycles. The Hall–Kier alpha value is -2.00. The zero-order valence-corrected chi connectivity index (χ0v) is 14.7. The van der Waals surface area contributed by atoms with Gasteiger partial charge in [-0.3, -0.25) is 4.79 Å². The number of rotatable bonds is 4. The van der Waals surface area contributed by atoms with E-state index in [-0.39, 0.29) is 12.5 Å². The molecule has 0 fully saturated rings. The van der Waals surface area contributed by atoms with Gasteiger partial charge < -0.3 is 5.32 Å². The standard InChI is InChI=1S/C15H11ClIN5O/c16-10-5-7-11(8-6-10)22-14(19-20-21-22)9-18-15(23)12-3-1-2-4-13(12)17/h1-8H,9H2,(H,18,23). The molecule has 3 rings (SSSR count). The summed E-state index contributed by atoms with van der Waals surface area (Å²) in [7, 11) is 0. The number of aromatic nitrogens is 4. The van der Waals surface area contributed by atoms with Crippen LogP contribution in [-0.4, -0.2) is 26.1 Å². The van der Waals surface area contributed by atoms with E-state index in [0.717, 1.165) is 9.26 Å². The third-order valence-electron chi connectivity index (χ3n) is 3.13. The average molecular weight is 440 g/mol. The predicted molar refractivity (Wildman–Crippen MR) is 94.5 cm³/mol. The van der Waals surface area contributed by atoms with E-state index >= 15 is 0 Å². The fourth-order valence-corrected chi connectivity index (χ4v) is 2.76. The third kappa shape index (κ3) is 3.67. The monoisotopic (exact) mass is 439 g/mol. The summed E-state index contributed by atoms with van der Waals surface area (Å²) in [6.45, 7) is 0.222. The molecule has 0 aliphatic carbocycles. The number of nitrogens with one attached hydrogen (secondary N) is 1. The second-order valence-corrected chi connectivity index (χ2v) is 6.24. The summed E-state index contributed by atoms with van der Waals surface area (Å²) in [5.74, 6) is 0.368. The number of benzene rings is 2. The van der Waals surface area contributed by atoms with E-state index in [1.54, 1.807) is 22.9 Å². The van der Waals surface area contributed by atoms with Gasteiger partial charge in [0.05, 0.1) is 17.8 Å². The molecule has 0 bridgehead atoms. The van der Waals surface area contributed by atoms with Gasteiger partial charge in [-0.2, -0.15) is 4.68 Å². The van der Waals surface area contributed by atoms with Gasteiger partial charge in [0.2, 0.25) is 0 Å². The fourth-order valence-electron chi connectivity index (χ4n) is 2.00. The van der Waals surface area contributed by atoms with Crippen LogP contribution in [0.3, 0.4) is 0 Å². The Balaban J connectivity index is 1.75. The number of amides is 1. The Morgan fingerprint density at radius 3 is 2.65 bits per heavy atom. The highest BCUT2D eigenvalue weighted by Gasteiger charge is 2.12. The van der Waals surface area contributed by atoms with Crippen molar-refractivity contribution >= 4 is 40.1 Å². The van der Waals surface area contributed by atoms with Gasteiger partial charge in [0.25, 0.3) is 5.91 Å². The van der Waals surface area contributed by atoms with Crippen LogP contribution in [0.1, 0.15) is 16.2 Å². The van der Waals surface area contributed by atoms with Crippen LogP contribution in [-0.2, 0) is 6.54 Å². The Morgan fingerprint density at radius 2 is 1.91 bits per heavy atom. The number of carbonyl (C=O) groups is 1. The van der Waals surface area contributed by atoms with E-state index in [1.807, 2.05) is 30.3 Å². The second kappa shape index (κ2) is 7.05. The predicted octanol–water partition coefficient (Wildman–Crippen LogP) is 2.85. The second-order valence-electron chi connectivity index (χ2n) is 4.65. The van der Waals surface area contributed by atoms with Crippen molar-refractivity contribution in [3.05, 3.63) is 68.5 Å². The largest absolute Gasteiger partial charge is 0.345 e. The van der Waals surface area contributed by atoms with Crippen LogP contribution >= 0.6 is 34.2 Å². The molecule has 0 atom stereocenters. The van der Waals surface area contributed by atoms with Crippen molar-refractivity contribution in [2.24, 2.45) is 0 Å². The van der Waals surface area contributed by atoms with Crippen LogP contribution in [0.4, 0.5) is 0 Å². The van der Waals surface area contributed by atoms with E-state index in [0.29, 0.717) is 16.4 Å². The van der Waals surface area contributed by atoms with E-state index < -0.39 is 0 Å². The van der Waals surface area contributed by atoms with Crippen molar-refractivity contribution in [3.63, 3.8) is 0 Å². The molecule has 2 aromatic carbocycles. The molecule has 23 heavy (non-hydrogen) atoms. The summed E-state index contributed by atoms with van der Waals surface area (Å²) < 4.78 is 2.45. The lowest BCUT2D eigenvalue weighted by Gasteiger charge is -2.07. The fraction of sp³-hybridized carbons (Fsp3) is 0.0667. The van der Waals surface area contributed by atoms with Gasteiger partial charge in [0.1, 0.15) is 0 Å².